The van der Waals surface area contributed by atoms with Gasteiger partial charge in [0.1, 0.15) is 0 Å². The Kier molecular flexibility index (Phi) is 7.64. The largest absolute Gasteiger partial charge is 0.241 e. The fourth-order valence-corrected chi connectivity index (χ4v) is 2.04. The monoisotopic (exact) mass is 259 g/mol. The number of nitrogens with zero attached hydrogens (tertiary/aromatic N) is 1. The maximum atomic E-state index is 4.44. The second-order valence-corrected chi connectivity index (χ2v) is 4.48. The number of thiazole rings is 1. The molecule has 0 amide bonds. The number of hydrogen-bond acceptors (Lipinski definition) is 2. The highest BCUT2D eigenvalue weighted by atomic mass is 32.1. The molecule has 1 heterocycles. The predicted molar refractivity (Wildman–Crippen MR) is 85.8 cm³/mol. The van der Waals surface area contributed by atoms with Crippen molar-refractivity contribution in [2.24, 2.45) is 0 Å². The normalized spacial score (nSPS) is 9.50. The van der Waals surface area contributed by atoms with Gasteiger partial charge in [-0.25, -0.2) is 4.98 Å². The van der Waals surface area contributed by atoms with Crippen LogP contribution in [0.5, 0.6) is 0 Å². The first-order valence-corrected chi connectivity index (χ1v) is 6.69. The Morgan fingerprint density at radius 2 is 1.83 bits per heavy atom. The van der Waals surface area contributed by atoms with E-state index in [0.29, 0.717) is 0 Å². The van der Waals surface area contributed by atoms with E-state index in [1.54, 1.807) is 23.5 Å². The van der Waals surface area contributed by atoms with Crippen LogP contribution in [0, 0.1) is 6.92 Å². The summed E-state index contributed by atoms with van der Waals surface area (Å²) >= 11 is 1.61. The van der Waals surface area contributed by atoms with Gasteiger partial charge in [0.2, 0.25) is 0 Å². The Hall–Kier alpha value is -1.67. The fourth-order valence-electron chi connectivity index (χ4n) is 1.23. The Labute approximate surface area is 115 Å². The van der Waals surface area contributed by atoms with Crippen LogP contribution < -0.4 is 0 Å². The van der Waals surface area contributed by atoms with Crippen molar-refractivity contribution in [3.63, 3.8) is 0 Å². The van der Waals surface area contributed by atoms with Crippen molar-refractivity contribution in [1.29, 1.82) is 0 Å². The first kappa shape index (κ1) is 16.3. The molecule has 0 spiro atoms. The molecule has 96 valence electrons. The Balaban J connectivity index is 0.00000137. The molecule has 18 heavy (non-hydrogen) atoms. The van der Waals surface area contributed by atoms with Crippen molar-refractivity contribution in [3.8, 4) is 0 Å². The third-order valence-corrected chi connectivity index (χ3v) is 3.02. The van der Waals surface area contributed by atoms with Crippen LogP contribution in [0.4, 0.5) is 0 Å². The molecule has 0 atom stereocenters. The quantitative estimate of drug-likeness (QED) is 0.642. The molecule has 1 rings (SSSR count). The van der Waals surface area contributed by atoms with E-state index in [-0.39, 0.29) is 0 Å². The van der Waals surface area contributed by atoms with Crippen LogP contribution in [-0.4, -0.2) is 4.98 Å². The topological polar surface area (TPSA) is 12.9 Å². The lowest BCUT2D eigenvalue weighted by Crippen LogP contribution is -1.87. The minimum atomic E-state index is 0.831. The standard InChI is InChI=1S/C14H15NS.C2H6/c1-6-8-9-10(3)11(4)14-13(7-2)16-12(5)15-14;1-2/h6-9H,1-4H2,5H3;1-2H3/b9-8-;. The molecule has 0 saturated heterocycles. The molecule has 0 fully saturated rings. The number of allylic oxidation sites excluding steroid dienone is 5. The van der Waals surface area contributed by atoms with Crippen LogP contribution in [0.1, 0.15) is 29.4 Å². The SMILES string of the molecule is C=C/C=C\C(=C)C(=C)c1nc(C)sc1C=C.CC. The highest BCUT2D eigenvalue weighted by Gasteiger charge is 2.10. The third kappa shape index (κ3) is 4.30. The lowest BCUT2D eigenvalue weighted by Gasteiger charge is -2.02. The van der Waals surface area contributed by atoms with Crippen molar-refractivity contribution < 1.29 is 0 Å². The summed E-state index contributed by atoms with van der Waals surface area (Å²) in [5, 5.41) is 1.01. The summed E-state index contributed by atoms with van der Waals surface area (Å²) in [4.78, 5) is 5.48. The lowest BCUT2D eigenvalue weighted by molar-refractivity contribution is 1.26. The summed E-state index contributed by atoms with van der Waals surface area (Å²) < 4.78 is 0. The molecule has 0 unspecified atom stereocenters. The molecule has 1 aromatic heterocycles. The second-order valence-electron chi connectivity index (χ2n) is 3.25. The minimum Gasteiger partial charge on any atom is -0.241 e. The molecular weight excluding hydrogens is 238 g/mol. The fraction of sp³-hybridized carbons (Fsp3) is 0.188. The van der Waals surface area contributed by atoms with Gasteiger partial charge in [-0.05, 0) is 18.6 Å². The van der Waals surface area contributed by atoms with E-state index in [1.165, 1.54) is 0 Å². The first-order chi connectivity index (χ1) is 8.60. The molecule has 0 saturated carbocycles. The van der Waals surface area contributed by atoms with Crippen LogP contribution in [0.2, 0.25) is 0 Å². The number of aryl methyl sites for hydroxylation is 1. The van der Waals surface area contributed by atoms with Gasteiger partial charge in [-0.2, -0.15) is 0 Å². The molecule has 1 nitrogen and oxygen atoms in total. The van der Waals surface area contributed by atoms with Crippen molar-refractivity contribution in [3.05, 3.63) is 65.7 Å². The van der Waals surface area contributed by atoms with Crippen molar-refractivity contribution in [2.75, 3.05) is 0 Å². The molecular formula is C16H21NS. The third-order valence-electron chi connectivity index (χ3n) is 2.05. The summed E-state index contributed by atoms with van der Waals surface area (Å²) in [5.74, 6) is 0. The zero-order chi connectivity index (χ0) is 14.1. The van der Waals surface area contributed by atoms with Gasteiger partial charge < -0.3 is 0 Å². The van der Waals surface area contributed by atoms with E-state index in [4.69, 9.17) is 0 Å². The van der Waals surface area contributed by atoms with Crippen LogP contribution in [-0.2, 0) is 0 Å². The van der Waals surface area contributed by atoms with E-state index in [2.05, 4.69) is 31.3 Å². The van der Waals surface area contributed by atoms with Crippen molar-refractivity contribution in [2.45, 2.75) is 20.8 Å². The number of rotatable bonds is 5. The van der Waals surface area contributed by atoms with E-state index in [0.717, 1.165) is 26.7 Å². The number of hydrogen-bond donors (Lipinski definition) is 0. The van der Waals surface area contributed by atoms with Crippen LogP contribution in [0.3, 0.4) is 0 Å². The van der Waals surface area contributed by atoms with Crippen LogP contribution in [0.15, 0.2) is 50.1 Å². The average Bonchev–Trinajstić information content (AvgIpc) is 2.78. The summed E-state index contributed by atoms with van der Waals surface area (Å²) in [6.45, 7) is 21.3. The van der Waals surface area contributed by atoms with E-state index >= 15 is 0 Å². The highest BCUT2D eigenvalue weighted by Crippen LogP contribution is 2.28. The Morgan fingerprint density at radius 3 is 2.33 bits per heavy atom. The molecule has 0 aliphatic heterocycles. The molecule has 2 heteroatoms. The molecule has 0 radical (unpaired) electrons. The lowest BCUT2D eigenvalue weighted by atomic mass is 10.1. The van der Waals surface area contributed by atoms with Crippen LogP contribution >= 0.6 is 11.3 Å². The predicted octanol–water partition coefficient (Wildman–Crippen LogP) is 5.43. The zero-order valence-corrected chi connectivity index (χ0v) is 12.3. The summed E-state index contributed by atoms with van der Waals surface area (Å²) in [7, 11) is 0. The first-order valence-electron chi connectivity index (χ1n) is 5.87. The Bertz CT molecular complexity index is 475. The van der Waals surface area contributed by atoms with Crippen LogP contribution in [0.25, 0.3) is 11.6 Å². The molecule has 0 aliphatic rings. The second kappa shape index (κ2) is 8.43. The maximum Gasteiger partial charge on any atom is 0.0908 e. The average molecular weight is 259 g/mol. The summed E-state index contributed by atoms with van der Waals surface area (Å²) in [6.07, 6.45) is 7.21. The van der Waals surface area contributed by atoms with Crippen molar-refractivity contribution in [1.82, 2.24) is 4.98 Å². The van der Waals surface area contributed by atoms with Gasteiger partial charge in [0.25, 0.3) is 0 Å². The highest BCUT2D eigenvalue weighted by molar-refractivity contribution is 7.12. The zero-order valence-electron chi connectivity index (χ0n) is 11.5. The molecule has 0 aromatic carbocycles. The Morgan fingerprint density at radius 1 is 1.22 bits per heavy atom. The molecule has 1 aromatic rings. The van der Waals surface area contributed by atoms with Crippen molar-refractivity contribution >= 4 is 23.0 Å². The van der Waals surface area contributed by atoms with Gasteiger partial charge >= 0.3 is 0 Å². The van der Waals surface area contributed by atoms with E-state index < -0.39 is 0 Å². The molecule has 0 aliphatic carbocycles. The van der Waals surface area contributed by atoms with Gasteiger partial charge in [-0.15, -0.1) is 11.3 Å². The summed E-state index contributed by atoms with van der Waals surface area (Å²) in [6, 6.07) is 0. The maximum absolute atomic E-state index is 4.44. The molecule has 0 bridgehead atoms. The van der Waals surface area contributed by atoms with Gasteiger partial charge in [0.05, 0.1) is 15.6 Å². The summed E-state index contributed by atoms with van der Waals surface area (Å²) in [5.41, 5.74) is 2.54. The minimum absolute atomic E-state index is 0.831. The van der Waals surface area contributed by atoms with Gasteiger partial charge in [0, 0.05) is 5.57 Å². The van der Waals surface area contributed by atoms with E-state index in [9.17, 15) is 0 Å². The van der Waals surface area contributed by atoms with Gasteiger partial charge in [0.15, 0.2) is 0 Å². The smallest absolute Gasteiger partial charge is 0.0908 e. The molecule has 0 N–H and O–H groups in total. The van der Waals surface area contributed by atoms with Gasteiger partial charge in [-0.1, -0.05) is 58.4 Å². The van der Waals surface area contributed by atoms with E-state index in [1.807, 2.05) is 32.9 Å². The number of aromatic nitrogens is 1. The van der Waals surface area contributed by atoms with Gasteiger partial charge in [-0.3, -0.25) is 0 Å².